The third-order valence-corrected chi connectivity index (χ3v) is 2.15. The second-order valence-corrected chi connectivity index (χ2v) is 3.36. The molecule has 0 aliphatic heterocycles. The van der Waals surface area contributed by atoms with Gasteiger partial charge in [0.2, 0.25) is 0 Å². The second kappa shape index (κ2) is 6.74. The Bertz CT molecular complexity index is 335. The van der Waals surface area contributed by atoms with Crippen molar-refractivity contribution in [1.29, 1.82) is 0 Å². The van der Waals surface area contributed by atoms with Crippen LogP contribution in [0.4, 0.5) is 12.9 Å². The van der Waals surface area contributed by atoms with Crippen LogP contribution in [0.2, 0.25) is 10.0 Å². The summed E-state index contributed by atoms with van der Waals surface area (Å²) in [6, 6.07) is 4.26. The molecule has 0 fully saturated rings. The van der Waals surface area contributed by atoms with Crippen molar-refractivity contribution in [1.82, 2.24) is 0 Å². The standard InChI is InChI=1S/C7H5BCl2F3O.K/c9-5-2-1-3-6(7(5)10)14-4-8(11,12)13;/h1-3H,4H2;/q-1;+1. The summed E-state index contributed by atoms with van der Waals surface area (Å²) in [7, 11) is 0. The van der Waals surface area contributed by atoms with Gasteiger partial charge in [0.1, 0.15) is 10.8 Å². The Morgan fingerprint density at radius 1 is 1.20 bits per heavy atom. The summed E-state index contributed by atoms with van der Waals surface area (Å²) < 4.78 is 40.0. The smallest absolute Gasteiger partial charge is 0.520 e. The van der Waals surface area contributed by atoms with E-state index in [1.54, 1.807) is 0 Å². The van der Waals surface area contributed by atoms with Crippen molar-refractivity contribution in [3.05, 3.63) is 28.2 Å². The molecule has 0 N–H and O–H groups in total. The molecule has 0 aliphatic carbocycles. The van der Waals surface area contributed by atoms with E-state index in [0.29, 0.717) is 0 Å². The Morgan fingerprint density at radius 3 is 2.33 bits per heavy atom. The van der Waals surface area contributed by atoms with Crippen LogP contribution in [0.15, 0.2) is 18.2 Å². The van der Waals surface area contributed by atoms with E-state index in [-0.39, 0.29) is 67.2 Å². The number of halogens is 5. The summed E-state index contributed by atoms with van der Waals surface area (Å²) in [6.45, 7) is -6.30. The fraction of sp³-hybridized carbons (Fsp3) is 0.143. The van der Waals surface area contributed by atoms with Gasteiger partial charge in [0.15, 0.2) is 0 Å². The van der Waals surface area contributed by atoms with Crippen molar-refractivity contribution in [2.75, 3.05) is 6.51 Å². The second-order valence-electron chi connectivity index (χ2n) is 2.57. The van der Waals surface area contributed by atoms with Crippen LogP contribution in [0.1, 0.15) is 0 Å². The first-order valence-corrected chi connectivity index (χ1v) is 4.43. The fourth-order valence-corrected chi connectivity index (χ4v) is 1.13. The fourth-order valence-electron chi connectivity index (χ4n) is 0.780. The van der Waals surface area contributed by atoms with Crippen LogP contribution in [-0.4, -0.2) is 13.5 Å². The summed E-state index contributed by atoms with van der Waals surface area (Å²) in [6.07, 6.45) is 0. The molecule has 0 bridgehead atoms. The van der Waals surface area contributed by atoms with Crippen molar-refractivity contribution in [3.8, 4) is 5.75 Å². The average Bonchev–Trinajstić information content (AvgIpc) is 2.06. The monoisotopic (exact) mass is 282 g/mol. The van der Waals surface area contributed by atoms with E-state index < -0.39 is 13.5 Å². The van der Waals surface area contributed by atoms with Crippen LogP contribution in [0, 0.1) is 0 Å². The first-order chi connectivity index (χ1) is 6.40. The van der Waals surface area contributed by atoms with Gasteiger partial charge in [-0.15, -0.1) is 0 Å². The van der Waals surface area contributed by atoms with Crippen molar-refractivity contribution in [2.24, 2.45) is 0 Å². The molecule has 8 heteroatoms. The Hall–Kier alpha value is 1.09. The maximum Gasteiger partial charge on any atom is 1.00 e. The summed E-state index contributed by atoms with van der Waals surface area (Å²) >= 11 is 11.2. The molecule has 0 amide bonds. The molecule has 78 valence electrons. The molecule has 0 aromatic heterocycles. The van der Waals surface area contributed by atoms with Gasteiger partial charge >= 0.3 is 58.4 Å². The van der Waals surface area contributed by atoms with Gasteiger partial charge in [0.25, 0.3) is 0 Å². The van der Waals surface area contributed by atoms with Crippen LogP contribution < -0.4 is 56.1 Å². The minimum Gasteiger partial charge on any atom is -0.520 e. The van der Waals surface area contributed by atoms with Crippen LogP contribution in [0.25, 0.3) is 0 Å². The van der Waals surface area contributed by atoms with Gasteiger partial charge in [-0.1, -0.05) is 29.3 Å². The van der Waals surface area contributed by atoms with Gasteiger partial charge in [0, 0.05) is 0 Å². The maximum atomic E-state index is 11.8. The zero-order valence-corrected chi connectivity index (χ0v) is 12.4. The molecule has 0 atom stereocenters. The Labute approximate surface area is 138 Å². The van der Waals surface area contributed by atoms with E-state index in [4.69, 9.17) is 23.2 Å². The molecule has 0 saturated heterocycles. The molecule has 1 aromatic rings. The molecule has 1 nitrogen and oxygen atoms in total. The Balaban J connectivity index is 0.00000196. The van der Waals surface area contributed by atoms with Gasteiger partial charge in [0.05, 0.1) is 11.5 Å². The van der Waals surface area contributed by atoms with Gasteiger partial charge in [-0.05, 0) is 12.1 Å². The molecule has 0 unspecified atom stereocenters. The van der Waals surface area contributed by atoms with E-state index in [0.717, 1.165) is 0 Å². The van der Waals surface area contributed by atoms with E-state index >= 15 is 0 Å². The number of hydrogen-bond donors (Lipinski definition) is 0. The molecule has 0 saturated carbocycles. The predicted octanol–water partition coefficient (Wildman–Crippen LogP) is 0.763. The zero-order valence-electron chi connectivity index (χ0n) is 7.81. The number of hydrogen-bond acceptors (Lipinski definition) is 1. The Kier molecular flexibility index (Phi) is 7.23. The molecule has 0 aliphatic rings. The molecule has 1 aromatic carbocycles. The van der Waals surface area contributed by atoms with E-state index in [1.165, 1.54) is 18.2 Å². The van der Waals surface area contributed by atoms with Crippen LogP contribution in [-0.2, 0) is 0 Å². The number of benzene rings is 1. The summed E-state index contributed by atoms with van der Waals surface area (Å²) in [4.78, 5) is 0. The first kappa shape index (κ1) is 16.1. The van der Waals surface area contributed by atoms with Crippen LogP contribution in [0.3, 0.4) is 0 Å². The minimum atomic E-state index is -4.98. The van der Waals surface area contributed by atoms with Crippen LogP contribution in [0.5, 0.6) is 5.75 Å². The molecule has 0 heterocycles. The Morgan fingerprint density at radius 2 is 1.80 bits per heavy atom. The molecular weight excluding hydrogens is 278 g/mol. The topological polar surface area (TPSA) is 9.23 Å². The van der Waals surface area contributed by atoms with Crippen molar-refractivity contribution in [2.45, 2.75) is 0 Å². The van der Waals surface area contributed by atoms with E-state index in [9.17, 15) is 12.9 Å². The van der Waals surface area contributed by atoms with Crippen LogP contribution >= 0.6 is 23.2 Å². The summed E-state index contributed by atoms with van der Waals surface area (Å²) in [5.74, 6) is -0.0571. The maximum absolute atomic E-state index is 11.8. The van der Waals surface area contributed by atoms with E-state index in [2.05, 4.69) is 4.74 Å². The normalized spacial score (nSPS) is 10.7. The molecule has 15 heavy (non-hydrogen) atoms. The predicted molar refractivity (Wildman–Crippen MR) is 51.0 cm³/mol. The first-order valence-electron chi connectivity index (χ1n) is 3.68. The summed E-state index contributed by atoms with van der Waals surface area (Å²) in [5.41, 5.74) is 0. The van der Waals surface area contributed by atoms with Gasteiger partial charge in [-0.3, -0.25) is 0 Å². The third-order valence-electron chi connectivity index (χ3n) is 1.34. The number of rotatable bonds is 3. The van der Waals surface area contributed by atoms with E-state index in [1.807, 2.05) is 0 Å². The van der Waals surface area contributed by atoms with Crippen molar-refractivity contribution < 1.29 is 69.1 Å². The molecule has 1 rings (SSSR count). The quantitative estimate of drug-likeness (QED) is 0.744. The van der Waals surface area contributed by atoms with Gasteiger partial charge in [-0.2, -0.15) is 0 Å². The SMILES string of the molecule is F[B-](F)(F)COc1cccc(Cl)c1Cl.[K+]. The zero-order chi connectivity index (χ0) is 10.8. The molecule has 0 radical (unpaired) electrons. The minimum absolute atomic E-state index is 0. The van der Waals surface area contributed by atoms with Crippen molar-refractivity contribution >= 4 is 30.2 Å². The molecular formula is C7H5BCl2F3KO. The van der Waals surface area contributed by atoms with Gasteiger partial charge < -0.3 is 17.7 Å². The summed E-state index contributed by atoms with van der Waals surface area (Å²) in [5, 5.41) is 0.160. The van der Waals surface area contributed by atoms with Crippen molar-refractivity contribution in [3.63, 3.8) is 0 Å². The average molecular weight is 283 g/mol. The third kappa shape index (κ3) is 5.81. The molecule has 0 spiro atoms. The van der Waals surface area contributed by atoms with Gasteiger partial charge in [-0.25, -0.2) is 0 Å². The largest absolute Gasteiger partial charge is 1.00 e. The number of ether oxygens (including phenoxy) is 1.